The van der Waals surface area contributed by atoms with Crippen LogP contribution in [0.2, 0.25) is 0 Å². The van der Waals surface area contributed by atoms with Crippen molar-refractivity contribution >= 4 is 29.4 Å². The number of rotatable bonds is 6. The van der Waals surface area contributed by atoms with E-state index in [2.05, 4.69) is 17.5 Å². The SMILES string of the molecule is COc1ccc(/C=N\NC(=O)c2cc3c(s2)CC[C@H](C)C3)c(C(=O)[O-])c1OC. The fraction of sp³-hybridized carbons (Fsp3) is 0.350. The number of carbonyl (C=O) groups is 2. The van der Waals surface area contributed by atoms with Gasteiger partial charge in [0.25, 0.3) is 5.91 Å². The third kappa shape index (κ3) is 4.01. The number of hydrazone groups is 1. The first-order valence-electron chi connectivity index (χ1n) is 8.85. The minimum absolute atomic E-state index is 0.0397. The highest BCUT2D eigenvalue weighted by Gasteiger charge is 2.20. The van der Waals surface area contributed by atoms with E-state index in [1.54, 1.807) is 6.07 Å². The molecule has 1 atom stereocenters. The van der Waals surface area contributed by atoms with Crippen LogP contribution in [0, 0.1) is 5.92 Å². The van der Waals surface area contributed by atoms with Crippen molar-refractivity contribution in [1.29, 1.82) is 0 Å². The Bertz CT molecular complexity index is 935. The lowest BCUT2D eigenvalue weighted by Gasteiger charge is -2.16. The van der Waals surface area contributed by atoms with Crippen molar-refractivity contribution in [3.63, 3.8) is 0 Å². The molecule has 0 saturated carbocycles. The van der Waals surface area contributed by atoms with Gasteiger partial charge < -0.3 is 19.4 Å². The van der Waals surface area contributed by atoms with Crippen LogP contribution < -0.4 is 20.0 Å². The Balaban J connectivity index is 1.78. The molecule has 1 amide bonds. The van der Waals surface area contributed by atoms with Gasteiger partial charge >= 0.3 is 0 Å². The molecule has 28 heavy (non-hydrogen) atoms. The van der Waals surface area contributed by atoms with Gasteiger partial charge in [-0.1, -0.05) is 6.92 Å². The highest BCUT2D eigenvalue weighted by molar-refractivity contribution is 7.14. The molecule has 1 aliphatic carbocycles. The van der Waals surface area contributed by atoms with Gasteiger partial charge in [0.05, 0.1) is 36.8 Å². The number of methoxy groups -OCH3 is 2. The van der Waals surface area contributed by atoms with Gasteiger partial charge in [0.15, 0.2) is 11.5 Å². The Morgan fingerprint density at radius 3 is 2.79 bits per heavy atom. The number of nitrogens with zero attached hydrogens (tertiary/aromatic N) is 1. The van der Waals surface area contributed by atoms with Crippen LogP contribution in [-0.4, -0.2) is 32.3 Å². The van der Waals surface area contributed by atoms with Crippen LogP contribution in [-0.2, 0) is 12.8 Å². The smallest absolute Gasteiger partial charge is 0.281 e. The van der Waals surface area contributed by atoms with Gasteiger partial charge in [0.1, 0.15) is 0 Å². The van der Waals surface area contributed by atoms with Gasteiger partial charge in [0, 0.05) is 10.4 Å². The third-order valence-electron chi connectivity index (χ3n) is 4.70. The number of hydrogen-bond donors (Lipinski definition) is 1. The van der Waals surface area contributed by atoms with Gasteiger partial charge in [-0.15, -0.1) is 11.3 Å². The summed E-state index contributed by atoms with van der Waals surface area (Å²) >= 11 is 1.48. The largest absolute Gasteiger partial charge is 0.545 e. The lowest BCUT2D eigenvalue weighted by Crippen LogP contribution is -2.25. The molecule has 2 aromatic rings. The molecule has 0 radical (unpaired) electrons. The molecular weight excluding hydrogens is 380 g/mol. The summed E-state index contributed by atoms with van der Waals surface area (Å²) in [6, 6.07) is 4.99. The Hall–Kier alpha value is -2.87. The van der Waals surface area contributed by atoms with Crippen LogP contribution in [0.3, 0.4) is 0 Å². The van der Waals surface area contributed by atoms with Crippen LogP contribution in [0.1, 0.15) is 49.4 Å². The van der Waals surface area contributed by atoms with E-state index >= 15 is 0 Å². The highest BCUT2D eigenvalue weighted by atomic mass is 32.1. The Kier molecular flexibility index (Phi) is 5.99. The van der Waals surface area contributed by atoms with Crippen LogP contribution in [0.4, 0.5) is 0 Å². The molecule has 1 N–H and O–H groups in total. The summed E-state index contributed by atoms with van der Waals surface area (Å²) in [4.78, 5) is 25.8. The van der Waals surface area contributed by atoms with Crippen molar-refractivity contribution < 1.29 is 24.2 Å². The standard InChI is InChI=1S/C20H22N2O5S/c1-11-4-7-15-13(8-11)9-16(28-15)19(23)22-21-10-12-5-6-14(26-2)18(27-3)17(12)20(24)25/h5-6,9-11H,4,7-8H2,1-3H3,(H,22,23)(H,24,25)/p-1/b21-10-/t11-/m0/s1. The van der Waals surface area contributed by atoms with Gasteiger partial charge in [-0.05, 0) is 48.9 Å². The maximum Gasteiger partial charge on any atom is 0.281 e. The summed E-state index contributed by atoms with van der Waals surface area (Å²) < 4.78 is 10.2. The summed E-state index contributed by atoms with van der Waals surface area (Å²) in [5, 5.41) is 15.4. The van der Waals surface area contributed by atoms with E-state index in [4.69, 9.17) is 9.47 Å². The van der Waals surface area contributed by atoms with Crippen molar-refractivity contribution in [3.8, 4) is 11.5 Å². The molecule has 148 valence electrons. The van der Waals surface area contributed by atoms with E-state index in [0.717, 1.165) is 19.3 Å². The quantitative estimate of drug-likeness (QED) is 0.590. The maximum atomic E-state index is 12.4. The molecule has 1 heterocycles. The van der Waals surface area contributed by atoms with Crippen molar-refractivity contribution in [3.05, 3.63) is 44.6 Å². The first-order valence-corrected chi connectivity index (χ1v) is 9.67. The number of carbonyl (C=O) groups excluding carboxylic acids is 2. The summed E-state index contributed by atoms with van der Waals surface area (Å²) in [6.07, 6.45) is 4.37. The molecule has 1 aromatic carbocycles. The number of benzene rings is 1. The van der Waals surface area contributed by atoms with E-state index in [1.807, 2.05) is 6.07 Å². The molecule has 1 aliphatic rings. The number of amides is 1. The third-order valence-corrected chi connectivity index (χ3v) is 5.94. The van der Waals surface area contributed by atoms with E-state index in [0.29, 0.717) is 10.8 Å². The number of nitrogens with one attached hydrogen (secondary N) is 1. The average Bonchev–Trinajstić information content (AvgIpc) is 3.10. The van der Waals surface area contributed by atoms with Gasteiger partial charge in [-0.2, -0.15) is 5.10 Å². The van der Waals surface area contributed by atoms with Crippen molar-refractivity contribution in [2.24, 2.45) is 11.0 Å². The van der Waals surface area contributed by atoms with E-state index in [9.17, 15) is 14.7 Å². The van der Waals surface area contributed by atoms with E-state index < -0.39 is 5.97 Å². The predicted octanol–water partition coefficient (Wildman–Crippen LogP) is 2.02. The normalized spacial score (nSPS) is 15.9. The number of ether oxygens (including phenoxy) is 2. The first kappa shape index (κ1) is 19.9. The summed E-state index contributed by atoms with van der Waals surface area (Å²) in [5.74, 6) is -0.814. The number of thiophene rings is 1. The summed E-state index contributed by atoms with van der Waals surface area (Å²) in [5.41, 5.74) is 3.73. The zero-order chi connectivity index (χ0) is 20.3. The molecule has 0 bridgehead atoms. The van der Waals surface area contributed by atoms with Gasteiger partial charge in [-0.25, -0.2) is 5.43 Å². The Morgan fingerprint density at radius 1 is 1.32 bits per heavy atom. The zero-order valence-electron chi connectivity index (χ0n) is 15.9. The second-order valence-electron chi connectivity index (χ2n) is 6.66. The summed E-state index contributed by atoms with van der Waals surface area (Å²) in [6.45, 7) is 2.21. The highest BCUT2D eigenvalue weighted by Crippen LogP contribution is 2.33. The van der Waals surface area contributed by atoms with Crippen molar-refractivity contribution in [2.45, 2.75) is 26.2 Å². The average molecular weight is 401 g/mol. The second kappa shape index (κ2) is 8.43. The molecule has 0 unspecified atom stereocenters. The lowest BCUT2D eigenvalue weighted by atomic mass is 9.90. The van der Waals surface area contributed by atoms with Crippen LogP contribution in [0.15, 0.2) is 23.3 Å². The minimum atomic E-state index is -1.43. The molecule has 0 saturated heterocycles. The number of fused-ring (bicyclic) bond motifs is 1. The number of aryl methyl sites for hydroxylation is 1. The van der Waals surface area contributed by atoms with Gasteiger partial charge in [-0.3, -0.25) is 4.79 Å². The minimum Gasteiger partial charge on any atom is -0.545 e. The van der Waals surface area contributed by atoms with Crippen LogP contribution >= 0.6 is 11.3 Å². The Labute approximate surface area is 167 Å². The topological polar surface area (TPSA) is 100 Å². The molecular formula is C20H21N2O5S-. The zero-order valence-corrected chi connectivity index (χ0v) is 16.7. The number of carboxylic acids is 1. The van der Waals surface area contributed by atoms with Gasteiger partial charge in [0.2, 0.25) is 0 Å². The number of aromatic carboxylic acids is 1. The van der Waals surface area contributed by atoms with Crippen molar-refractivity contribution in [1.82, 2.24) is 5.43 Å². The fourth-order valence-electron chi connectivity index (χ4n) is 3.29. The van der Waals surface area contributed by atoms with E-state index in [-0.39, 0.29) is 28.5 Å². The lowest BCUT2D eigenvalue weighted by molar-refractivity contribution is -0.255. The molecule has 7 nitrogen and oxygen atoms in total. The fourth-order valence-corrected chi connectivity index (χ4v) is 4.39. The van der Waals surface area contributed by atoms with Crippen LogP contribution in [0.25, 0.3) is 0 Å². The molecule has 0 fully saturated rings. The molecule has 1 aromatic heterocycles. The molecule has 0 spiro atoms. The Morgan fingerprint density at radius 2 is 2.11 bits per heavy atom. The second-order valence-corrected chi connectivity index (χ2v) is 7.80. The number of carboxylic acid groups (broad SMARTS) is 1. The van der Waals surface area contributed by atoms with Crippen LogP contribution in [0.5, 0.6) is 11.5 Å². The predicted molar refractivity (Wildman–Crippen MR) is 104 cm³/mol. The summed E-state index contributed by atoms with van der Waals surface area (Å²) in [7, 11) is 2.75. The molecule has 0 aliphatic heterocycles. The van der Waals surface area contributed by atoms with Crippen molar-refractivity contribution in [2.75, 3.05) is 14.2 Å². The monoisotopic (exact) mass is 401 g/mol. The first-order chi connectivity index (χ1) is 13.4. The van der Waals surface area contributed by atoms with E-state index in [1.165, 1.54) is 48.3 Å². The molecule has 8 heteroatoms. The maximum absolute atomic E-state index is 12.4. The molecule has 3 rings (SSSR count). The number of hydrogen-bond acceptors (Lipinski definition) is 7.